The van der Waals surface area contributed by atoms with Crippen LogP contribution in [0.1, 0.15) is 16.1 Å². The first-order valence-corrected chi connectivity index (χ1v) is 11.4. The molecule has 0 amide bonds. The number of carboxylic acids is 1. The van der Waals surface area contributed by atoms with Crippen LogP contribution in [0.4, 0.5) is 10.2 Å². The standard InChI is InChI=1S/C23H18FN5O5S/c1-34-18-3-2-4-25-16(18)8-17(30)12-9-28(10-12)21-15(24)7-13-19(31)14(22(32)33)11-29(20(13)27-21)23-26-5-6-35-23/h2-7,11-12H,8-10H2,1H3,(H,32,33). The van der Waals surface area contributed by atoms with Gasteiger partial charge in [0.05, 0.1) is 30.5 Å². The van der Waals surface area contributed by atoms with Gasteiger partial charge >= 0.3 is 5.97 Å². The first-order chi connectivity index (χ1) is 16.9. The zero-order valence-electron chi connectivity index (χ0n) is 18.3. The van der Waals surface area contributed by atoms with Gasteiger partial charge in [-0.15, -0.1) is 11.3 Å². The first-order valence-electron chi connectivity index (χ1n) is 10.5. The van der Waals surface area contributed by atoms with Gasteiger partial charge in [-0.2, -0.15) is 0 Å². The summed E-state index contributed by atoms with van der Waals surface area (Å²) >= 11 is 1.21. The number of hydrogen-bond acceptors (Lipinski definition) is 9. The number of anilines is 1. The monoisotopic (exact) mass is 495 g/mol. The third kappa shape index (κ3) is 4.01. The lowest BCUT2D eigenvalue weighted by atomic mass is 9.92. The van der Waals surface area contributed by atoms with E-state index >= 15 is 4.39 Å². The average Bonchev–Trinajstić information content (AvgIpc) is 3.34. The Morgan fingerprint density at radius 3 is 2.77 bits per heavy atom. The number of aromatic carboxylic acids is 1. The maximum absolute atomic E-state index is 15.0. The van der Waals surface area contributed by atoms with Crippen molar-refractivity contribution in [1.82, 2.24) is 19.5 Å². The number of aromatic nitrogens is 4. The molecule has 178 valence electrons. The van der Waals surface area contributed by atoms with Gasteiger partial charge in [-0.3, -0.25) is 19.1 Å². The number of ether oxygens (including phenoxy) is 1. The number of thiazole rings is 1. The molecule has 0 spiro atoms. The lowest BCUT2D eigenvalue weighted by Gasteiger charge is -2.39. The molecule has 0 bridgehead atoms. The van der Waals surface area contributed by atoms with Crippen molar-refractivity contribution < 1.29 is 23.8 Å². The smallest absolute Gasteiger partial charge is 0.341 e. The number of methoxy groups -OCH3 is 1. The maximum Gasteiger partial charge on any atom is 0.341 e. The third-order valence-electron chi connectivity index (χ3n) is 5.82. The zero-order valence-corrected chi connectivity index (χ0v) is 19.2. The fraction of sp³-hybridized carbons (Fsp3) is 0.217. The van der Waals surface area contributed by atoms with Gasteiger partial charge in [0.15, 0.2) is 22.4 Å². The fourth-order valence-electron chi connectivity index (χ4n) is 3.98. The number of pyridine rings is 3. The highest BCUT2D eigenvalue weighted by Gasteiger charge is 2.35. The van der Waals surface area contributed by atoms with E-state index in [9.17, 15) is 19.5 Å². The summed E-state index contributed by atoms with van der Waals surface area (Å²) in [6, 6.07) is 4.44. The predicted octanol–water partition coefficient (Wildman–Crippen LogP) is 2.33. The number of carbonyl (C=O) groups is 2. The van der Waals surface area contributed by atoms with Crippen molar-refractivity contribution in [2.75, 3.05) is 25.1 Å². The lowest BCUT2D eigenvalue weighted by Crippen LogP contribution is -2.51. The van der Waals surface area contributed by atoms with E-state index in [4.69, 9.17) is 4.74 Å². The van der Waals surface area contributed by atoms with E-state index in [1.807, 2.05) is 0 Å². The molecule has 1 saturated heterocycles. The van der Waals surface area contributed by atoms with Crippen molar-refractivity contribution in [1.29, 1.82) is 0 Å². The van der Waals surface area contributed by atoms with Crippen molar-refractivity contribution >= 4 is 39.9 Å². The van der Waals surface area contributed by atoms with Crippen LogP contribution in [0.25, 0.3) is 16.2 Å². The van der Waals surface area contributed by atoms with Gasteiger partial charge in [-0.1, -0.05) is 0 Å². The summed E-state index contributed by atoms with van der Waals surface area (Å²) in [5.74, 6) is -2.09. The summed E-state index contributed by atoms with van der Waals surface area (Å²) in [5, 5.41) is 11.3. The van der Waals surface area contributed by atoms with Gasteiger partial charge in [0, 0.05) is 37.1 Å². The van der Waals surface area contributed by atoms with Gasteiger partial charge < -0.3 is 14.7 Å². The Balaban J connectivity index is 1.45. The molecule has 10 nitrogen and oxygen atoms in total. The number of ketones is 1. The largest absolute Gasteiger partial charge is 0.495 e. The molecule has 5 heterocycles. The first kappa shape index (κ1) is 22.6. The molecule has 0 saturated carbocycles. The Morgan fingerprint density at radius 2 is 2.09 bits per heavy atom. The van der Waals surface area contributed by atoms with E-state index in [1.165, 1.54) is 29.2 Å². The average molecular weight is 495 g/mol. The number of rotatable bonds is 7. The fourth-order valence-corrected chi connectivity index (χ4v) is 4.59. The minimum Gasteiger partial charge on any atom is -0.495 e. The highest BCUT2D eigenvalue weighted by atomic mass is 32.1. The molecule has 0 aliphatic carbocycles. The zero-order chi connectivity index (χ0) is 24.7. The summed E-state index contributed by atoms with van der Waals surface area (Å²) in [4.78, 5) is 51.3. The highest BCUT2D eigenvalue weighted by Crippen LogP contribution is 2.30. The van der Waals surface area contributed by atoms with E-state index in [0.717, 1.165) is 12.3 Å². The minimum absolute atomic E-state index is 0.0234. The number of halogens is 1. The number of hydrogen-bond donors (Lipinski definition) is 1. The Hall–Kier alpha value is -4.19. The summed E-state index contributed by atoms with van der Waals surface area (Å²) in [5.41, 5.74) is -0.727. The molecular formula is C23H18FN5O5S. The van der Waals surface area contributed by atoms with Gasteiger partial charge in [-0.25, -0.2) is 19.2 Å². The maximum atomic E-state index is 15.0. The van der Waals surface area contributed by atoms with Crippen LogP contribution in [0.3, 0.4) is 0 Å². The molecule has 1 fully saturated rings. The van der Waals surface area contributed by atoms with Crippen molar-refractivity contribution in [3.05, 3.63) is 69.5 Å². The van der Waals surface area contributed by atoms with Crippen LogP contribution in [-0.4, -0.2) is 56.6 Å². The van der Waals surface area contributed by atoms with E-state index in [1.54, 1.807) is 28.6 Å². The molecule has 0 aromatic carbocycles. The van der Waals surface area contributed by atoms with Crippen LogP contribution in [0.15, 0.2) is 47.0 Å². The van der Waals surface area contributed by atoms with Crippen molar-refractivity contribution in [3.63, 3.8) is 0 Å². The van der Waals surface area contributed by atoms with E-state index < -0.39 is 22.8 Å². The molecule has 35 heavy (non-hydrogen) atoms. The number of nitrogens with zero attached hydrogens (tertiary/aromatic N) is 5. The second-order valence-corrected chi connectivity index (χ2v) is 8.80. The number of fused-ring (bicyclic) bond motifs is 1. The molecule has 12 heteroatoms. The summed E-state index contributed by atoms with van der Waals surface area (Å²) < 4.78 is 21.6. The number of carboxylic acid groups (broad SMARTS) is 1. The molecule has 0 unspecified atom stereocenters. The van der Waals surface area contributed by atoms with Gasteiger partial charge in [0.1, 0.15) is 17.1 Å². The van der Waals surface area contributed by atoms with Gasteiger partial charge in [0.2, 0.25) is 5.43 Å². The molecule has 1 N–H and O–H groups in total. The third-order valence-corrected chi connectivity index (χ3v) is 6.59. The topological polar surface area (TPSA) is 128 Å². The van der Waals surface area contributed by atoms with Crippen LogP contribution in [0, 0.1) is 11.7 Å². The van der Waals surface area contributed by atoms with Crippen LogP contribution >= 0.6 is 11.3 Å². The van der Waals surface area contributed by atoms with E-state index in [0.29, 0.717) is 16.6 Å². The Bertz CT molecular complexity index is 1520. The lowest BCUT2D eigenvalue weighted by molar-refractivity contribution is -0.123. The molecule has 5 rings (SSSR count). The number of Topliss-reactive ketones (excluding diaryl/α,β-unsaturated/α-hetero) is 1. The quantitative estimate of drug-likeness (QED) is 0.411. The summed E-state index contributed by atoms with van der Waals surface area (Å²) in [6.07, 6.45) is 4.35. The minimum atomic E-state index is -1.43. The molecule has 1 aliphatic heterocycles. The highest BCUT2D eigenvalue weighted by molar-refractivity contribution is 7.12. The molecule has 4 aromatic rings. The Kier molecular flexibility index (Phi) is 5.73. The van der Waals surface area contributed by atoms with Crippen LogP contribution < -0.4 is 15.1 Å². The van der Waals surface area contributed by atoms with E-state index in [-0.39, 0.29) is 48.1 Å². The number of carbonyl (C=O) groups excluding carboxylic acids is 1. The van der Waals surface area contributed by atoms with E-state index in [2.05, 4.69) is 15.0 Å². The molecule has 1 aliphatic rings. The predicted molar refractivity (Wildman–Crippen MR) is 125 cm³/mol. The van der Waals surface area contributed by atoms with Crippen LogP contribution in [0.5, 0.6) is 5.75 Å². The van der Waals surface area contributed by atoms with Crippen molar-refractivity contribution in [2.24, 2.45) is 5.92 Å². The van der Waals surface area contributed by atoms with Crippen LogP contribution in [-0.2, 0) is 11.2 Å². The molecular weight excluding hydrogens is 477 g/mol. The Morgan fingerprint density at radius 1 is 1.29 bits per heavy atom. The normalized spacial score (nSPS) is 13.6. The van der Waals surface area contributed by atoms with Gasteiger partial charge in [0.25, 0.3) is 0 Å². The molecule has 0 atom stereocenters. The second-order valence-electron chi connectivity index (χ2n) is 7.92. The van der Waals surface area contributed by atoms with Crippen LogP contribution in [0.2, 0.25) is 0 Å². The molecule has 4 aromatic heterocycles. The van der Waals surface area contributed by atoms with Crippen molar-refractivity contribution in [2.45, 2.75) is 6.42 Å². The summed E-state index contributed by atoms with van der Waals surface area (Å²) in [6.45, 7) is 0.496. The van der Waals surface area contributed by atoms with Crippen molar-refractivity contribution in [3.8, 4) is 10.9 Å². The molecule has 0 radical (unpaired) electrons. The van der Waals surface area contributed by atoms with Gasteiger partial charge in [-0.05, 0) is 18.2 Å². The SMILES string of the molecule is COc1cccnc1CC(=O)C1CN(c2nc3c(cc2F)c(=O)c(C(=O)O)cn3-c2nccs2)C1. The summed E-state index contributed by atoms with van der Waals surface area (Å²) in [7, 11) is 1.51. The second kappa shape index (κ2) is 8.87. The Labute approximate surface area is 201 Å².